The van der Waals surface area contributed by atoms with Crippen LogP contribution < -0.4 is 20.9 Å². The predicted octanol–water partition coefficient (Wildman–Crippen LogP) is 2.86. The Morgan fingerprint density at radius 2 is 1.62 bits per heavy atom. The lowest BCUT2D eigenvalue weighted by Crippen LogP contribution is -2.07. The molecule has 4 N–H and O–H groups in total. The maximum atomic E-state index is 12.7. The molecule has 0 amide bonds. The van der Waals surface area contributed by atoms with Crippen LogP contribution in [0.3, 0.4) is 0 Å². The lowest BCUT2D eigenvalue weighted by molar-refractivity contribution is 0.103. The summed E-state index contributed by atoms with van der Waals surface area (Å²) < 4.78 is 11.0. The summed E-state index contributed by atoms with van der Waals surface area (Å²) in [7, 11) is 3.03. The molecular formula is C15H15BrN2O3. The molecule has 5 nitrogen and oxygen atoms in total. The summed E-state index contributed by atoms with van der Waals surface area (Å²) in [5, 5.41) is 0. The number of carbonyl (C=O) groups excluding carboxylic acids is 1. The highest BCUT2D eigenvalue weighted by atomic mass is 79.9. The van der Waals surface area contributed by atoms with E-state index < -0.39 is 0 Å². The summed E-state index contributed by atoms with van der Waals surface area (Å²) in [6.45, 7) is 0. The summed E-state index contributed by atoms with van der Waals surface area (Å²) in [5.41, 5.74) is 13.1. The molecule has 0 aromatic heterocycles. The second-order valence-corrected chi connectivity index (χ2v) is 5.26. The molecule has 6 heteroatoms. The Labute approximate surface area is 131 Å². The first-order chi connectivity index (χ1) is 9.96. The van der Waals surface area contributed by atoms with E-state index >= 15 is 0 Å². The standard InChI is InChI=1S/C15H15BrN2O3/c1-20-11-6-12(16)14(13(7-11)21-2)15(19)8-3-9(17)5-10(18)4-8/h3-7H,17-18H2,1-2H3. The van der Waals surface area contributed by atoms with Gasteiger partial charge in [0.15, 0.2) is 5.78 Å². The van der Waals surface area contributed by atoms with Crippen LogP contribution in [0.4, 0.5) is 11.4 Å². The number of hydrogen-bond acceptors (Lipinski definition) is 5. The van der Waals surface area contributed by atoms with Crippen molar-refractivity contribution < 1.29 is 14.3 Å². The first-order valence-electron chi connectivity index (χ1n) is 6.08. The largest absolute Gasteiger partial charge is 0.497 e. The quantitative estimate of drug-likeness (QED) is 0.653. The smallest absolute Gasteiger partial charge is 0.198 e. The number of carbonyl (C=O) groups is 1. The molecule has 0 heterocycles. The number of hydrogen-bond donors (Lipinski definition) is 2. The summed E-state index contributed by atoms with van der Waals surface area (Å²) in [5.74, 6) is 0.759. The van der Waals surface area contributed by atoms with E-state index in [2.05, 4.69) is 15.9 Å². The zero-order valence-corrected chi connectivity index (χ0v) is 13.2. The van der Waals surface area contributed by atoms with Crippen LogP contribution in [0, 0.1) is 0 Å². The zero-order chi connectivity index (χ0) is 15.6. The molecule has 2 aromatic rings. The van der Waals surface area contributed by atoms with Crippen molar-refractivity contribution in [1.29, 1.82) is 0 Å². The lowest BCUT2D eigenvalue weighted by Gasteiger charge is -2.12. The van der Waals surface area contributed by atoms with Gasteiger partial charge < -0.3 is 20.9 Å². The Bertz CT molecular complexity index is 681. The topological polar surface area (TPSA) is 87.6 Å². The van der Waals surface area contributed by atoms with E-state index in [-0.39, 0.29) is 5.78 Å². The van der Waals surface area contributed by atoms with Gasteiger partial charge in [-0.2, -0.15) is 0 Å². The minimum absolute atomic E-state index is 0.236. The normalized spacial score (nSPS) is 10.2. The van der Waals surface area contributed by atoms with E-state index in [0.717, 1.165) is 0 Å². The van der Waals surface area contributed by atoms with Crippen LogP contribution in [0.15, 0.2) is 34.8 Å². The Morgan fingerprint density at radius 1 is 1.00 bits per heavy atom. The van der Waals surface area contributed by atoms with Crippen LogP contribution >= 0.6 is 15.9 Å². The maximum absolute atomic E-state index is 12.7. The van der Waals surface area contributed by atoms with Crippen LogP contribution in [-0.4, -0.2) is 20.0 Å². The van der Waals surface area contributed by atoms with Gasteiger partial charge in [-0.05, 0) is 40.2 Å². The van der Waals surface area contributed by atoms with E-state index in [1.807, 2.05) is 0 Å². The number of ketones is 1. The number of nitrogen functional groups attached to an aromatic ring is 2. The minimum atomic E-state index is -0.236. The van der Waals surface area contributed by atoms with Crippen molar-refractivity contribution in [2.45, 2.75) is 0 Å². The van der Waals surface area contributed by atoms with Crippen molar-refractivity contribution in [2.75, 3.05) is 25.7 Å². The van der Waals surface area contributed by atoms with E-state index in [1.165, 1.54) is 7.11 Å². The number of benzene rings is 2. The molecule has 0 unspecified atom stereocenters. The molecular weight excluding hydrogens is 336 g/mol. The molecule has 0 radical (unpaired) electrons. The van der Waals surface area contributed by atoms with Gasteiger partial charge in [-0.25, -0.2) is 0 Å². The molecule has 0 aliphatic heterocycles. The van der Waals surface area contributed by atoms with Gasteiger partial charge in [0.2, 0.25) is 0 Å². The second kappa shape index (κ2) is 6.05. The van der Waals surface area contributed by atoms with Crippen molar-refractivity contribution in [1.82, 2.24) is 0 Å². The third-order valence-corrected chi connectivity index (χ3v) is 3.58. The number of nitrogens with two attached hydrogens (primary N) is 2. The minimum Gasteiger partial charge on any atom is -0.497 e. The SMILES string of the molecule is COc1cc(Br)c(C(=O)c2cc(N)cc(N)c2)c(OC)c1. The summed E-state index contributed by atoms with van der Waals surface area (Å²) in [4.78, 5) is 12.7. The van der Waals surface area contributed by atoms with Crippen molar-refractivity contribution >= 4 is 33.1 Å². The average Bonchev–Trinajstić information content (AvgIpc) is 2.44. The van der Waals surface area contributed by atoms with E-state index in [1.54, 1.807) is 37.4 Å². The van der Waals surface area contributed by atoms with E-state index in [4.69, 9.17) is 20.9 Å². The molecule has 110 valence electrons. The Kier molecular flexibility index (Phi) is 4.37. The number of methoxy groups -OCH3 is 2. The summed E-state index contributed by atoms with van der Waals surface area (Å²) >= 11 is 3.37. The fourth-order valence-electron chi connectivity index (χ4n) is 2.01. The van der Waals surface area contributed by atoms with E-state index in [0.29, 0.717) is 38.5 Å². The van der Waals surface area contributed by atoms with Gasteiger partial charge in [0, 0.05) is 27.5 Å². The van der Waals surface area contributed by atoms with E-state index in [9.17, 15) is 4.79 Å². The third-order valence-electron chi connectivity index (χ3n) is 2.95. The van der Waals surface area contributed by atoms with Crippen molar-refractivity contribution in [3.8, 4) is 11.5 Å². The Morgan fingerprint density at radius 3 is 2.14 bits per heavy atom. The molecule has 0 aliphatic rings. The molecule has 0 bridgehead atoms. The highest BCUT2D eigenvalue weighted by Gasteiger charge is 2.20. The second-order valence-electron chi connectivity index (χ2n) is 4.40. The van der Waals surface area contributed by atoms with Gasteiger partial charge >= 0.3 is 0 Å². The number of ether oxygens (including phenoxy) is 2. The Hall–Kier alpha value is -2.21. The molecule has 2 aromatic carbocycles. The van der Waals surface area contributed by atoms with Gasteiger partial charge in [-0.15, -0.1) is 0 Å². The highest BCUT2D eigenvalue weighted by molar-refractivity contribution is 9.10. The van der Waals surface area contributed by atoms with Crippen molar-refractivity contribution in [3.05, 3.63) is 45.9 Å². The van der Waals surface area contributed by atoms with Gasteiger partial charge in [0.05, 0.1) is 19.8 Å². The molecule has 0 spiro atoms. The monoisotopic (exact) mass is 350 g/mol. The predicted molar refractivity (Wildman–Crippen MR) is 85.9 cm³/mol. The number of halogens is 1. The van der Waals surface area contributed by atoms with Crippen molar-refractivity contribution in [3.63, 3.8) is 0 Å². The molecule has 2 rings (SSSR count). The van der Waals surface area contributed by atoms with Crippen LogP contribution in [0.5, 0.6) is 11.5 Å². The number of anilines is 2. The van der Waals surface area contributed by atoms with Gasteiger partial charge in [0.25, 0.3) is 0 Å². The summed E-state index contributed by atoms with van der Waals surface area (Å²) in [6.07, 6.45) is 0. The molecule has 21 heavy (non-hydrogen) atoms. The Balaban J connectivity index is 2.57. The van der Waals surface area contributed by atoms with Crippen LogP contribution in [0.25, 0.3) is 0 Å². The fraction of sp³-hybridized carbons (Fsp3) is 0.133. The van der Waals surface area contributed by atoms with Gasteiger partial charge in [0.1, 0.15) is 11.5 Å². The summed E-state index contributed by atoms with van der Waals surface area (Å²) in [6, 6.07) is 8.10. The van der Waals surface area contributed by atoms with Gasteiger partial charge in [-0.3, -0.25) is 4.79 Å². The van der Waals surface area contributed by atoms with Crippen molar-refractivity contribution in [2.24, 2.45) is 0 Å². The third kappa shape index (κ3) is 3.11. The molecule has 0 aliphatic carbocycles. The molecule has 0 saturated carbocycles. The fourth-order valence-corrected chi connectivity index (χ4v) is 2.61. The lowest BCUT2D eigenvalue weighted by atomic mass is 10.0. The van der Waals surface area contributed by atoms with Crippen LogP contribution in [0.1, 0.15) is 15.9 Å². The first kappa shape index (κ1) is 15.2. The first-order valence-corrected chi connectivity index (χ1v) is 6.87. The molecule has 0 fully saturated rings. The maximum Gasteiger partial charge on any atom is 0.198 e. The zero-order valence-electron chi connectivity index (χ0n) is 11.6. The molecule has 0 atom stereocenters. The van der Waals surface area contributed by atoms with Crippen LogP contribution in [0.2, 0.25) is 0 Å². The highest BCUT2D eigenvalue weighted by Crippen LogP contribution is 2.34. The average molecular weight is 351 g/mol. The number of rotatable bonds is 4. The molecule has 0 saturated heterocycles. The van der Waals surface area contributed by atoms with Crippen LogP contribution in [-0.2, 0) is 0 Å². The van der Waals surface area contributed by atoms with Gasteiger partial charge in [-0.1, -0.05) is 0 Å².